The van der Waals surface area contributed by atoms with Crippen LogP contribution in [0.4, 0.5) is 5.69 Å². The van der Waals surface area contributed by atoms with E-state index in [1.807, 2.05) is 11.4 Å². The average Bonchev–Trinajstić information content (AvgIpc) is 3.27. The molecule has 0 unspecified atom stereocenters. The molecule has 142 valence electrons. The quantitative estimate of drug-likeness (QED) is 0.539. The Hall–Kier alpha value is -3.45. The van der Waals surface area contributed by atoms with Crippen LogP contribution in [0.25, 0.3) is 0 Å². The fourth-order valence-electron chi connectivity index (χ4n) is 2.52. The van der Waals surface area contributed by atoms with Gasteiger partial charge in [-0.25, -0.2) is 0 Å². The molecule has 3 N–H and O–H groups in total. The highest BCUT2D eigenvalue weighted by Crippen LogP contribution is 2.17. The summed E-state index contributed by atoms with van der Waals surface area (Å²) in [6, 6.07) is 19.2. The van der Waals surface area contributed by atoms with Crippen LogP contribution in [0.1, 0.15) is 30.4 Å². The summed E-state index contributed by atoms with van der Waals surface area (Å²) in [5.41, 5.74) is 1.36. The zero-order valence-electron chi connectivity index (χ0n) is 15.0. The molecule has 2 aromatic carbocycles. The van der Waals surface area contributed by atoms with Gasteiger partial charge in [0, 0.05) is 18.7 Å². The Morgan fingerprint density at radius 3 is 2.11 bits per heavy atom. The second kappa shape index (κ2) is 9.48. The number of anilines is 1. The van der Waals surface area contributed by atoms with Crippen molar-refractivity contribution in [3.8, 4) is 0 Å². The van der Waals surface area contributed by atoms with Crippen molar-refractivity contribution in [3.63, 3.8) is 0 Å². The zero-order chi connectivity index (χ0) is 19.8. The zero-order valence-corrected chi connectivity index (χ0v) is 15.8. The molecule has 0 saturated carbocycles. The number of rotatable bonds is 7. The van der Waals surface area contributed by atoms with Crippen molar-refractivity contribution in [2.24, 2.45) is 0 Å². The van der Waals surface area contributed by atoms with E-state index in [-0.39, 0.29) is 24.3 Å². The van der Waals surface area contributed by atoms with Crippen LogP contribution >= 0.6 is 11.3 Å². The maximum absolute atomic E-state index is 12.5. The highest BCUT2D eigenvalue weighted by Gasteiger charge is 2.14. The molecule has 0 saturated heterocycles. The predicted molar refractivity (Wildman–Crippen MR) is 110 cm³/mol. The van der Waals surface area contributed by atoms with E-state index in [2.05, 4.69) is 16.0 Å². The molecule has 3 amide bonds. The summed E-state index contributed by atoms with van der Waals surface area (Å²) < 4.78 is 0. The number of thiophene rings is 1. The molecule has 1 aromatic heterocycles. The van der Waals surface area contributed by atoms with Crippen LogP contribution in [-0.4, -0.2) is 30.8 Å². The second-order valence-corrected chi connectivity index (χ2v) is 6.80. The number of carbonyl (C=O) groups excluding carboxylic acids is 3. The van der Waals surface area contributed by atoms with Crippen LogP contribution < -0.4 is 16.0 Å². The molecule has 28 heavy (non-hydrogen) atoms. The lowest BCUT2D eigenvalue weighted by molar-refractivity contribution is 0.0928. The van der Waals surface area contributed by atoms with Crippen molar-refractivity contribution in [1.82, 2.24) is 10.6 Å². The van der Waals surface area contributed by atoms with Crippen LogP contribution in [0.2, 0.25) is 0 Å². The third-order valence-corrected chi connectivity index (χ3v) is 4.77. The minimum atomic E-state index is -0.323. The fourth-order valence-corrected chi connectivity index (χ4v) is 3.14. The summed E-state index contributed by atoms with van der Waals surface area (Å²) in [6.45, 7) is 0.563. The fraction of sp³-hybridized carbons (Fsp3) is 0.0952. The summed E-state index contributed by atoms with van der Waals surface area (Å²) >= 11 is 1.33. The molecular formula is C21H19N3O3S. The molecule has 0 bridgehead atoms. The van der Waals surface area contributed by atoms with Crippen molar-refractivity contribution in [3.05, 3.63) is 88.1 Å². The van der Waals surface area contributed by atoms with Crippen LogP contribution in [-0.2, 0) is 0 Å². The summed E-state index contributed by atoms with van der Waals surface area (Å²) in [5, 5.41) is 10.1. The first-order valence-corrected chi connectivity index (χ1v) is 9.58. The van der Waals surface area contributed by atoms with Crippen LogP contribution in [0.5, 0.6) is 0 Å². The number of hydrogen-bond acceptors (Lipinski definition) is 4. The molecule has 0 fully saturated rings. The molecule has 0 aliphatic heterocycles. The molecule has 0 atom stereocenters. The molecule has 3 rings (SSSR count). The number of nitrogens with one attached hydrogen (secondary N) is 3. The summed E-state index contributed by atoms with van der Waals surface area (Å²) in [5.74, 6) is -0.778. The van der Waals surface area contributed by atoms with Crippen LogP contribution in [0.3, 0.4) is 0 Å². The number of carbonyl (C=O) groups is 3. The van der Waals surface area contributed by atoms with E-state index < -0.39 is 0 Å². The topological polar surface area (TPSA) is 87.3 Å². The minimum absolute atomic E-state index is 0.196. The van der Waals surface area contributed by atoms with Gasteiger partial charge in [0.15, 0.2) is 0 Å². The van der Waals surface area contributed by atoms with E-state index in [1.165, 1.54) is 11.3 Å². The summed E-state index contributed by atoms with van der Waals surface area (Å²) in [7, 11) is 0. The second-order valence-electron chi connectivity index (χ2n) is 5.85. The van der Waals surface area contributed by atoms with E-state index in [9.17, 15) is 14.4 Å². The summed E-state index contributed by atoms with van der Waals surface area (Å²) in [6.07, 6.45) is 0. The van der Waals surface area contributed by atoms with Gasteiger partial charge >= 0.3 is 0 Å². The SMILES string of the molecule is O=C(NCCNC(=O)c1ccccc1NC(=O)c1cccs1)c1ccccc1. The van der Waals surface area contributed by atoms with Crippen LogP contribution in [0, 0.1) is 0 Å². The van der Waals surface area contributed by atoms with E-state index in [0.717, 1.165) is 0 Å². The van der Waals surface area contributed by atoms with Crippen LogP contribution in [0.15, 0.2) is 72.1 Å². The lowest BCUT2D eigenvalue weighted by atomic mass is 10.1. The highest BCUT2D eigenvalue weighted by molar-refractivity contribution is 7.12. The molecule has 0 aliphatic rings. The van der Waals surface area contributed by atoms with E-state index in [1.54, 1.807) is 60.7 Å². The number of benzene rings is 2. The normalized spacial score (nSPS) is 10.1. The molecule has 3 aromatic rings. The Morgan fingerprint density at radius 1 is 0.714 bits per heavy atom. The van der Waals surface area contributed by atoms with Gasteiger partial charge in [-0.05, 0) is 35.7 Å². The maximum atomic E-state index is 12.5. The van der Waals surface area contributed by atoms with Gasteiger partial charge in [-0.1, -0.05) is 36.4 Å². The van der Waals surface area contributed by atoms with Gasteiger partial charge in [0.25, 0.3) is 17.7 Å². The number of para-hydroxylation sites is 1. The lowest BCUT2D eigenvalue weighted by Crippen LogP contribution is -2.35. The van der Waals surface area contributed by atoms with E-state index >= 15 is 0 Å². The smallest absolute Gasteiger partial charge is 0.265 e. The summed E-state index contributed by atoms with van der Waals surface area (Å²) in [4.78, 5) is 37.3. The van der Waals surface area contributed by atoms with Gasteiger partial charge in [-0.2, -0.15) is 0 Å². The van der Waals surface area contributed by atoms with E-state index in [0.29, 0.717) is 28.2 Å². The molecule has 6 nitrogen and oxygen atoms in total. The van der Waals surface area contributed by atoms with Gasteiger partial charge in [-0.3, -0.25) is 14.4 Å². The van der Waals surface area contributed by atoms with Gasteiger partial charge in [0.05, 0.1) is 16.1 Å². The van der Waals surface area contributed by atoms with Crippen molar-refractivity contribution in [2.45, 2.75) is 0 Å². The monoisotopic (exact) mass is 393 g/mol. The van der Waals surface area contributed by atoms with Crippen molar-refractivity contribution >= 4 is 34.7 Å². The number of amides is 3. The van der Waals surface area contributed by atoms with Gasteiger partial charge < -0.3 is 16.0 Å². The Labute approximate surface area is 166 Å². The molecule has 0 radical (unpaired) electrons. The molecular weight excluding hydrogens is 374 g/mol. The number of hydrogen-bond donors (Lipinski definition) is 3. The lowest BCUT2D eigenvalue weighted by Gasteiger charge is -2.11. The van der Waals surface area contributed by atoms with Crippen molar-refractivity contribution in [1.29, 1.82) is 0 Å². The Morgan fingerprint density at radius 2 is 1.39 bits per heavy atom. The minimum Gasteiger partial charge on any atom is -0.350 e. The predicted octanol–water partition coefficient (Wildman–Crippen LogP) is 3.16. The molecule has 7 heteroatoms. The van der Waals surface area contributed by atoms with E-state index in [4.69, 9.17) is 0 Å². The average molecular weight is 393 g/mol. The Bertz CT molecular complexity index is 956. The van der Waals surface area contributed by atoms with Gasteiger partial charge in [-0.15, -0.1) is 11.3 Å². The third-order valence-electron chi connectivity index (χ3n) is 3.90. The maximum Gasteiger partial charge on any atom is 0.265 e. The van der Waals surface area contributed by atoms with Gasteiger partial charge in [0.1, 0.15) is 0 Å². The standard InChI is InChI=1S/C21H19N3O3S/c25-19(15-7-2-1-3-8-15)22-12-13-23-20(26)16-9-4-5-10-17(16)24-21(27)18-11-6-14-28-18/h1-11,14H,12-13H2,(H,22,25)(H,23,26)(H,24,27). The third kappa shape index (κ3) is 5.05. The molecule has 0 aliphatic carbocycles. The molecule has 0 spiro atoms. The van der Waals surface area contributed by atoms with Gasteiger partial charge in [0.2, 0.25) is 0 Å². The largest absolute Gasteiger partial charge is 0.350 e. The highest BCUT2D eigenvalue weighted by atomic mass is 32.1. The Kier molecular flexibility index (Phi) is 6.54. The van der Waals surface area contributed by atoms with Crippen molar-refractivity contribution in [2.75, 3.05) is 18.4 Å². The first-order valence-electron chi connectivity index (χ1n) is 8.70. The van der Waals surface area contributed by atoms with Crippen molar-refractivity contribution < 1.29 is 14.4 Å². The molecule has 1 heterocycles. The first-order chi connectivity index (χ1) is 13.6. The first kappa shape index (κ1) is 19.3. The Balaban J connectivity index is 1.53.